The summed E-state index contributed by atoms with van der Waals surface area (Å²) in [6.07, 6.45) is 3.01. The van der Waals surface area contributed by atoms with Gasteiger partial charge in [0.1, 0.15) is 28.2 Å². The molecule has 0 spiro atoms. The average molecular weight is 497 g/mol. The number of para-hydroxylation sites is 1. The summed E-state index contributed by atoms with van der Waals surface area (Å²) in [7, 11) is 1.53. The van der Waals surface area contributed by atoms with Gasteiger partial charge < -0.3 is 18.3 Å². The van der Waals surface area contributed by atoms with Gasteiger partial charge in [-0.1, -0.05) is 36.4 Å². The second-order valence-corrected chi connectivity index (χ2v) is 7.84. The Bertz CT molecular complexity index is 1680. The number of hydrogen-bond acceptors (Lipinski definition) is 7. The van der Waals surface area contributed by atoms with Gasteiger partial charge in [-0.25, -0.2) is 9.59 Å². The maximum Gasteiger partial charge on any atom is 0.347 e. The molecule has 0 aliphatic rings. The van der Waals surface area contributed by atoms with E-state index >= 15 is 0 Å². The number of benzene rings is 3. The van der Waals surface area contributed by atoms with Crippen LogP contribution >= 0.6 is 0 Å². The molecule has 0 aliphatic heterocycles. The zero-order valence-corrected chi connectivity index (χ0v) is 20.3. The molecule has 2 aromatic heterocycles. The van der Waals surface area contributed by atoms with Gasteiger partial charge in [0.15, 0.2) is 5.78 Å². The molecule has 0 saturated carbocycles. The molecule has 2 heterocycles. The van der Waals surface area contributed by atoms with Crippen LogP contribution in [-0.2, 0) is 0 Å². The Morgan fingerprint density at radius 3 is 2.30 bits per heavy atom. The van der Waals surface area contributed by atoms with Crippen LogP contribution in [0, 0.1) is 0 Å². The Kier molecular flexibility index (Phi) is 7.95. The van der Waals surface area contributed by atoms with E-state index < -0.39 is 11.4 Å². The summed E-state index contributed by atoms with van der Waals surface area (Å²) < 4.78 is 20.6. The molecule has 0 radical (unpaired) electrons. The van der Waals surface area contributed by atoms with Crippen molar-refractivity contribution in [3.05, 3.63) is 123 Å². The highest BCUT2D eigenvalue weighted by atomic mass is 16.5. The Balaban J connectivity index is 0.000000241. The summed E-state index contributed by atoms with van der Waals surface area (Å²) in [5, 5.41) is 1.61. The van der Waals surface area contributed by atoms with Crippen LogP contribution < -0.4 is 20.7 Å². The molecule has 7 nitrogen and oxygen atoms in total. The van der Waals surface area contributed by atoms with Gasteiger partial charge in [0.25, 0.3) is 0 Å². The average Bonchev–Trinajstić information content (AvgIpc) is 2.92. The number of hydrogen-bond donors (Lipinski definition) is 0. The lowest BCUT2D eigenvalue weighted by atomic mass is 10.1. The molecule has 0 amide bonds. The van der Waals surface area contributed by atoms with Crippen LogP contribution in [0.5, 0.6) is 11.5 Å². The van der Waals surface area contributed by atoms with Crippen LogP contribution in [0.15, 0.2) is 109 Å². The molecular formula is C30H24O7. The molecule has 0 unspecified atom stereocenters. The highest BCUT2D eigenvalue weighted by Gasteiger charge is 2.12. The summed E-state index contributed by atoms with van der Waals surface area (Å²) in [4.78, 5) is 35.2. The van der Waals surface area contributed by atoms with Crippen molar-refractivity contribution < 1.29 is 23.1 Å². The van der Waals surface area contributed by atoms with E-state index in [0.717, 1.165) is 16.7 Å². The summed E-state index contributed by atoms with van der Waals surface area (Å²) in [5.41, 5.74) is 0.860. The van der Waals surface area contributed by atoms with E-state index in [1.165, 1.54) is 25.3 Å². The number of rotatable bonds is 6. The Labute approximate surface area is 212 Å². The number of fused-ring (bicyclic) bond motifs is 2. The molecule has 5 aromatic rings. The number of ether oxygens (including phenoxy) is 2. The highest BCUT2D eigenvalue weighted by molar-refractivity contribution is 6.07. The van der Waals surface area contributed by atoms with Gasteiger partial charge in [0.2, 0.25) is 0 Å². The number of allylic oxidation sites excluding steroid dienone is 1. The zero-order chi connectivity index (χ0) is 26.2. The van der Waals surface area contributed by atoms with Gasteiger partial charge in [0.05, 0.1) is 13.7 Å². The Morgan fingerprint density at radius 1 is 0.811 bits per heavy atom. The third-order valence-electron chi connectivity index (χ3n) is 5.36. The Morgan fingerprint density at radius 2 is 1.54 bits per heavy atom. The van der Waals surface area contributed by atoms with E-state index in [1.54, 1.807) is 36.4 Å². The van der Waals surface area contributed by atoms with Gasteiger partial charge in [-0.15, -0.1) is 0 Å². The van der Waals surface area contributed by atoms with E-state index in [2.05, 4.69) is 0 Å². The fraction of sp³-hybridized carbons (Fsp3) is 0.100. The number of carbonyl (C=O) groups excluding carboxylic acids is 1. The summed E-state index contributed by atoms with van der Waals surface area (Å²) in [6.45, 7) is 2.51. The molecule has 186 valence electrons. The lowest BCUT2D eigenvalue weighted by Gasteiger charge is -2.03. The molecule has 0 fully saturated rings. The lowest BCUT2D eigenvalue weighted by molar-refractivity contribution is 0.104. The van der Waals surface area contributed by atoms with Crippen LogP contribution in [0.3, 0.4) is 0 Å². The van der Waals surface area contributed by atoms with E-state index in [4.69, 9.17) is 18.3 Å². The minimum atomic E-state index is -0.674. The molecule has 0 N–H and O–H groups in total. The van der Waals surface area contributed by atoms with Crippen LogP contribution in [-0.4, -0.2) is 19.5 Å². The Hall–Kier alpha value is -4.91. The minimum absolute atomic E-state index is 0.00940. The predicted molar refractivity (Wildman–Crippen MR) is 142 cm³/mol. The van der Waals surface area contributed by atoms with Crippen LogP contribution in [0.4, 0.5) is 0 Å². The van der Waals surface area contributed by atoms with E-state index in [9.17, 15) is 14.4 Å². The first-order valence-electron chi connectivity index (χ1n) is 11.5. The molecule has 3 aromatic carbocycles. The first kappa shape index (κ1) is 25.2. The van der Waals surface area contributed by atoms with Crippen molar-refractivity contribution in [1.82, 2.24) is 0 Å². The fourth-order valence-corrected chi connectivity index (χ4v) is 3.51. The van der Waals surface area contributed by atoms with Gasteiger partial charge in [-0.05, 0) is 61.0 Å². The number of ketones is 1. The number of methoxy groups -OCH3 is 1. The fourth-order valence-electron chi connectivity index (χ4n) is 3.51. The normalized spacial score (nSPS) is 10.8. The molecule has 0 aliphatic carbocycles. The largest absolute Gasteiger partial charge is 0.497 e. The molecule has 5 rings (SSSR count). The maximum atomic E-state index is 12.4. The molecule has 0 bridgehead atoms. The van der Waals surface area contributed by atoms with Crippen molar-refractivity contribution in [2.24, 2.45) is 0 Å². The quantitative estimate of drug-likeness (QED) is 0.164. The van der Waals surface area contributed by atoms with Gasteiger partial charge in [0, 0.05) is 22.9 Å². The molecule has 7 heteroatoms. The summed E-state index contributed by atoms with van der Waals surface area (Å²) in [6, 6.07) is 24.5. The zero-order valence-electron chi connectivity index (χ0n) is 20.3. The van der Waals surface area contributed by atoms with Crippen LogP contribution in [0.1, 0.15) is 22.8 Å². The number of carbonyl (C=O) groups is 1. The SMILES string of the molecule is CCOc1ccc(C=CC(=O)c2cc3ccc(OC)cc3oc2=O)cc1.O=c1ccc2ccccc2o1. The van der Waals surface area contributed by atoms with Gasteiger partial charge in [-0.3, -0.25) is 4.79 Å². The standard InChI is InChI=1S/C21H18O5.C9H6O2/c1-3-25-16-8-4-14(5-9-16)6-11-19(22)18-12-15-7-10-17(24-2)13-20(15)26-21(18)23;10-9-6-5-7-3-1-2-4-8(7)11-9/h4-13H,3H2,1-2H3;1-6H. The molecule has 0 saturated heterocycles. The predicted octanol–water partition coefficient (Wildman–Crippen LogP) is 5.89. The van der Waals surface area contributed by atoms with Crippen molar-refractivity contribution in [2.45, 2.75) is 6.92 Å². The maximum absolute atomic E-state index is 12.4. The minimum Gasteiger partial charge on any atom is -0.497 e. The molecular weight excluding hydrogens is 472 g/mol. The first-order chi connectivity index (χ1) is 18.0. The topological polar surface area (TPSA) is 96.0 Å². The highest BCUT2D eigenvalue weighted by Crippen LogP contribution is 2.20. The van der Waals surface area contributed by atoms with Crippen molar-refractivity contribution >= 4 is 33.8 Å². The second kappa shape index (κ2) is 11.7. The lowest BCUT2D eigenvalue weighted by Crippen LogP contribution is -2.11. The summed E-state index contributed by atoms with van der Waals surface area (Å²) in [5.74, 6) is 0.932. The van der Waals surface area contributed by atoms with Crippen LogP contribution in [0.25, 0.3) is 28.0 Å². The first-order valence-corrected chi connectivity index (χ1v) is 11.5. The van der Waals surface area contributed by atoms with E-state index in [-0.39, 0.29) is 11.2 Å². The molecule has 0 atom stereocenters. The van der Waals surface area contributed by atoms with E-state index in [1.807, 2.05) is 49.4 Å². The second-order valence-electron chi connectivity index (χ2n) is 7.84. The summed E-state index contributed by atoms with van der Waals surface area (Å²) >= 11 is 0. The molecule has 37 heavy (non-hydrogen) atoms. The van der Waals surface area contributed by atoms with Gasteiger partial charge in [-0.2, -0.15) is 0 Å². The van der Waals surface area contributed by atoms with Crippen molar-refractivity contribution in [2.75, 3.05) is 13.7 Å². The monoisotopic (exact) mass is 496 g/mol. The van der Waals surface area contributed by atoms with Crippen molar-refractivity contribution in [1.29, 1.82) is 0 Å². The van der Waals surface area contributed by atoms with Crippen LogP contribution in [0.2, 0.25) is 0 Å². The third-order valence-corrected chi connectivity index (χ3v) is 5.36. The smallest absolute Gasteiger partial charge is 0.347 e. The van der Waals surface area contributed by atoms with Crippen molar-refractivity contribution in [3.8, 4) is 11.5 Å². The van der Waals surface area contributed by atoms with E-state index in [0.29, 0.717) is 28.9 Å². The van der Waals surface area contributed by atoms with Crippen molar-refractivity contribution in [3.63, 3.8) is 0 Å². The third kappa shape index (κ3) is 6.41. The van der Waals surface area contributed by atoms with Gasteiger partial charge >= 0.3 is 11.3 Å².